The zero-order valence-corrected chi connectivity index (χ0v) is 10.6. The number of carbonyl (C=O) groups is 1. The fourth-order valence-electron chi connectivity index (χ4n) is 1.20. The van der Waals surface area contributed by atoms with Crippen molar-refractivity contribution in [3.05, 3.63) is 26.9 Å². The Labute approximate surface area is 101 Å². The van der Waals surface area contributed by atoms with Gasteiger partial charge in [0.25, 0.3) is 5.91 Å². The van der Waals surface area contributed by atoms with E-state index in [0.717, 1.165) is 11.4 Å². The summed E-state index contributed by atoms with van der Waals surface area (Å²) in [6.07, 6.45) is 0.954. The summed E-state index contributed by atoms with van der Waals surface area (Å²) in [4.78, 5) is 13.7. The third kappa shape index (κ3) is 2.45. The number of aromatic nitrogens is 2. The van der Waals surface area contributed by atoms with Crippen LogP contribution < -0.4 is 5.32 Å². The standard InChI is InChI=1S/C10H11N3OS2/c1-3-7-4-5-8(16-7)9(14)11-10-13-12-6(2)15-10/h4-5H,3H2,1-2H3,(H,11,13,14). The average Bonchev–Trinajstić information content (AvgIpc) is 2.87. The fourth-order valence-corrected chi connectivity index (χ4v) is 2.63. The predicted molar refractivity (Wildman–Crippen MR) is 66.3 cm³/mol. The molecule has 0 saturated heterocycles. The van der Waals surface area contributed by atoms with Crippen molar-refractivity contribution in [1.82, 2.24) is 10.2 Å². The summed E-state index contributed by atoms with van der Waals surface area (Å²) < 4.78 is 0. The highest BCUT2D eigenvalue weighted by molar-refractivity contribution is 7.16. The van der Waals surface area contributed by atoms with E-state index in [4.69, 9.17) is 0 Å². The fraction of sp³-hybridized carbons (Fsp3) is 0.300. The maximum absolute atomic E-state index is 11.8. The number of nitrogens with one attached hydrogen (secondary N) is 1. The van der Waals surface area contributed by atoms with E-state index in [1.165, 1.54) is 27.6 Å². The van der Waals surface area contributed by atoms with Crippen LogP contribution in [0.3, 0.4) is 0 Å². The molecule has 16 heavy (non-hydrogen) atoms. The van der Waals surface area contributed by atoms with Crippen LogP contribution >= 0.6 is 22.7 Å². The van der Waals surface area contributed by atoms with Crippen LogP contribution in [0.5, 0.6) is 0 Å². The van der Waals surface area contributed by atoms with Crippen LogP contribution in [0.25, 0.3) is 0 Å². The molecule has 0 unspecified atom stereocenters. The third-order valence-electron chi connectivity index (χ3n) is 1.98. The van der Waals surface area contributed by atoms with Crippen molar-refractivity contribution in [3.8, 4) is 0 Å². The molecule has 1 N–H and O–H groups in total. The molecule has 2 aromatic rings. The maximum atomic E-state index is 11.8. The molecule has 1 amide bonds. The molecular formula is C10H11N3OS2. The normalized spacial score (nSPS) is 10.4. The molecular weight excluding hydrogens is 242 g/mol. The van der Waals surface area contributed by atoms with Crippen LogP contribution in [0.2, 0.25) is 0 Å². The molecule has 2 rings (SSSR count). The Morgan fingerprint density at radius 3 is 2.75 bits per heavy atom. The smallest absolute Gasteiger partial charge is 0.267 e. The van der Waals surface area contributed by atoms with Gasteiger partial charge in [-0.2, -0.15) is 0 Å². The number of amides is 1. The van der Waals surface area contributed by atoms with Gasteiger partial charge in [-0.3, -0.25) is 10.1 Å². The van der Waals surface area contributed by atoms with E-state index in [-0.39, 0.29) is 5.91 Å². The Bertz CT molecular complexity index is 504. The first kappa shape index (κ1) is 11.2. The SMILES string of the molecule is CCc1ccc(C(=O)Nc2nnc(C)s2)s1. The summed E-state index contributed by atoms with van der Waals surface area (Å²) >= 11 is 2.89. The molecule has 0 bridgehead atoms. The van der Waals surface area contributed by atoms with Gasteiger partial charge < -0.3 is 0 Å². The number of nitrogens with zero attached hydrogens (tertiary/aromatic N) is 2. The highest BCUT2D eigenvalue weighted by atomic mass is 32.1. The molecule has 0 aromatic carbocycles. The van der Waals surface area contributed by atoms with Gasteiger partial charge in [0.1, 0.15) is 5.01 Å². The van der Waals surface area contributed by atoms with Crippen LogP contribution in [0.4, 0.5) is 5.13 Å². The van der Waals surface area contributed by atoms with Crippen molar-refractivity contribution < 1.29 is 4.79 Å². The molecule has 0 aliphatic rings. The molecule has 0 aliphatic carbocycles. The van der Waals surface area contributed by atoms with Gasteiger partial charge in [0, 0.05) is 4.88 Å². The Kier molecular flexibility index (Phi) is 3.31. The van der Waals surface area contributed by atoms with Gasteiger partial charge >= 0.3 is 0 Å². The largest absolute Gasteiger partial charge is 0.296 e. The summed E-state index contributed by atoms with van der Waals surface area (Å²) in [6.45, 7) is 3.93. The maximum Gasteiger partial charge on any atom is 0.267 e. The highest BCUT2D eigenvalue weighted by Crippen LogP contribution is 2.20. The lowest BCUT2D eigenvalue weighted by molar-refractivity contribution is 0.103. The van der Waals surface area contributed by atoms with E-state index in [2.05, 4.69) is 22.4 Å². The first-order chi connectivity index (χ1) is 7.69. The van der Waals surface area contributed by atoms with Gasteiger partial charge in [-0.15, -0.1) is 21.5 Å². The van der Waals surface area contributed by atoms with Crippen LogP contribution in [-0.4, -0.2) is 16.1 Å². The molecule has 0 spiro atoms. The van der Waals surface area contributed by atoms with E-state index in [9.17, 15) is 4.79 Å². The van der Waals surface area contributed by atoms with E-state index in [0.29, 0.717) is 10.0 Å². The summed E-state index contributed by atoms with van der Waals surface area (Å²) in [5, 5.41) is 11.8. The van der Waals surface area contributed by atoms with E-state index < -0.39 is 0 Å². The number of thiophene rings is 1. The van der Waals surface area contributed by atoms with Crippen LogP contribution in [-0.2, 0) is 6.42 Å². The lowest BCUT2D eigenvalue weighted by atomic mass is 10.3. The van der Waals surface area contributed by atoms with Gasteiger partial charge in [0.2, 0.25) is 5.13 Å². The number of hydrogen-bond acceptors (Lipinski definition) is 5. The molecule has 0 radical (unpaired) electrons. The Morgan fingerprint density at radius 2 is 2.19 bits per heavy atom. The van der Waals surface area contributed by atoms with Crippen molar-refractivity contribution >= 4 is 33.7 Å². The molecule has 2 heterocycles. The first-order valence-corrected chi connectivity index (χ1v) is 6.52. The van der Waals surface area contributed by atoms with Crippen molar-refractivity contribution in [2.75, 3.05) is 5.32 Å². The number of carbonyl (C=O) groups excluding carboxylic acids is 1. The van der Waals surface area contributed by atoms with Crippen LogP contribution in [0, 0.1) is 6.92 Å². The summed E-state index contributed by atoms with van der Waals surface area (Å²) in [6, 6.07) is 3.82. The molecule has 0 fully saturated rings. The van der Waals surface area contributed by atoms with Gasteiger partial charge in [0.15, 0.2) is 0 Å². The van der Waals surface area contributed by atoms with Crippen LogP contribution in [0.15, 0.2) is 12.1 Å². The van der Waals surface area contributed by atoms with Gasteiger partial charge in [0.05, 0.1) is 4.88 Å². The third-order valence-corrected chi connectivity index (χ3v) is 3.96. The zero-order chi connectivity index (χ0) is 11.5. The lowest BCUT2D eigenvalue weighted by Crippen LogP contribution is -2.09. The monoisotopic (exact) mass is 253 g/mol. The Hall–Kier alpha value is -1.27. The van der Waals surface area contributed by atoms with Crippen molar-refractivity contribution in [2.45, 2.75) is 20.3 Å². The van der Waals surface area contributed by atoms with E-state index in [1.807, 2.05) is 19.1 Å². The lowest BCUT2D eigenvalue weighted by Gasteiger charge is -1.96. The second kappa shape index (κ2) is 4.71. The molecule has 4 nitrogen and oxygen atoms in total. The topological polar surface area (TPSA) is 54.9 Å². The van der Waals surface area contributed by atoms with E-state index >= 15 is 0 Å². The average molecular weight is 253 g/mol. The Morgan fingerprint density at radius 1 is 1.38 bits per heavy atom. The Balaban J connectivity index is 2.08. The number of aryl methyl sites for hydroxylation is 2. The van der Waals surface area contributed by atoms with Crippen molar-refractivity contribution in [2.24, 2.45) is 0 Å². The quantitative estimate of drug-likeness (QED) is 0.915. The second-order valence-corrected chi connectivity index (χ2v) is 5.55. The molecule has 2 aromatic heterocycles. The predicted octanol–water partition coefficient (Wildman–Crippen LogP) is 2.72. The van der Waals surface area contributed by atoms with Crippen LogP contribution in [0.1, 0.15) is 26.5 Å². The molecule has 0 aliphatic heterocycles. The zero-order valence-electron chi connectivity index (χ0n) is 8.98. The molecule has 0 saturated carbocycles. The highest BCUT2D eigenvalue weighted by Gasteiger charge is 2.11. The minimum absolute atomic E-state index is 0.110. The minimum Gasteiger partial charge on any atom is -0.296 e. The molecule has 84 valence electrons. The van der Waals surface area contributed by atoms with Gasteiger partial charge in [-0.1, -0.05) is 18.3 Å². The van der Waals surface area contributed by atoms with Gasteiger partial charge in [-0.05, 0) is 25.5 Å². The first-order valence-electron chi connectivity index (χ1n) is 4.89. The molecule has 6 heteroatoms. The number of rotatable bonds is 3. The van der Waals surface area contributed by atoms with Crippen molar-refractivity contribution in [1.29, 1.82) is 0 Å². The second-order valence-electron chi connectivity index (χ2n) is 3.20. The number of hydrogen-bond donors (Lipinski definition) is 1. The number of anilines is 1. The summed E-state index contributed by atoms with van der Waals surface area (Å²) in [5.41, 5.74) is 0. The summed E-state index contributed by atoms with van der Waals surface area (Å²) in [5.74, 6) is -0.110. The van der Waals surface area contributed by atoms with Crippen molar-refractivity contribution in [3.63, 3.8) is 0 Å². The minimum atomic E-state index is -0.110. The van der Waals surface area contributed by atoms with E-state index in [1.54, 1.807) is 0 Å². The molecule has 0 atom stereocenters. The summed E-state index contributed by atoms with van der Waals surface area (Å²) in [7, 11) is 0. The van der Waals surface area contributed by atoms with Gasteiger partial charge in [-0.25, -0.2) is 0 Å².